The van der Waals surface area contributed by atoms with Gasteiger partial charge in [-0.25, -0.2) is 0 Å². The Labute approximate surface area is 140 Å². The molecular weight excluding hydrogens is 310 g/mol. The molecule has 2 amide bonds. The van der Waals surface area contributed by atoms with Crippen molar-refractivity contribution in [2.75, 3.05) is 11.9 Å². The van der Waals surface area contributed by atoms with Gasteiger partial charge in [0.15, 0.2) is 0 Å². The Hall–Kier alpha value is -2.44. The molecule has 0 radical (unpaired) electrons. The number of hydrogen-bond donors (Lipinski definition) is 1. The van der Waals surface area contributed by atoms with Gasteiger partial charge in [-0.2, -0.15) is 0 Å². The molecule has 1 saturated heterocycles. The molecule has 7 heteroatoms. The van der Waals surface area contributed by atoms with Crippen LogP contribution in [0.25, 0.3) is 0 Å². The second-order valence-electron chi connectivity index (χ2n) is 6.53. The van der Waals surface area contributed by atoms with Crippen molar-refractivity contribution < 1.29 is 14.5 Å². The summed E-state index contributed by atoms with van der Waals surface area (Å²) in [4.78, 5) is 36.6. The number of nitro benzene ring substituents is 1. The SMILES string of the molecule is O=C(Nc1ccc([N+](=O)[O-])cc1)[C@@H]1CC(=O)N(C2CCCCC2)C1. The van der Waals surface area contributed by atoms with Crippen LogP contribution in [0.2, 0.25) is 0 Å². The summed E-state index contributed by atoms with van der Waals surface area (Å²) in [5.41, 5.74) is 0.488. The first-order chi connectivity index (χ1) is 11.5. The largest absolute Gasteiger partial charge is 0.339 e. The molecule has 1 saturated carbocycles. The predicted molar refractivity (Wildman–Crippen MR) is 88.4 cm³/mol. The molecule has 1 aromatic carbocycles. The summed E-state index contributed by atoms with van der Waals surface area (Å²) in [7, 11) is 0. The molecule has 1 N–H and O–H groups in total. The topological polar surface area (TPSA) is 92.5 Å². The average Bonchev–Trinajstić information content (AvgIpc) is 2.98. The van der Waals surface area contributed by atoms with Gasteiger partial charge in [0.1, 0.15) is 0 Å². The van der Waals surface area contributed by atoms with E-state index >= 15 is 0 Å². The molecule has 1 aliphatic carbocycles. The van der Waals surface area contributed by atoms with Crippen LogP contribution in [0.3, 0.4) is 0 Å². The fourth-order valence-corrected chi connectivity index (χ4v) is 3.56. The summed E-state index contributed by atoms with van der Waals surface area (Å²) in [6.45, 7) is 0.475. The van der Waals surface area contributed by atoms with E-state index in [0.717, 1.165) is 25.7 Å². The van der Waals surface area contributed by atoms with Crippen LogP contribution in [0, 0.1) is 16.0 Å². The Kier molecular flexibility index (Phi) is 4.78. The highest BCUT2D eigenvalue weighted by atomic mass is 16.6. The molecular formula is C17H21N3O4. The summed E-state index contributed by atoms with van der Waals surface area (Å²) in [6, 6.07) is 5.99. The monoisotopic (exact) mass is 331 g/mol. The van der Waals surface area contributed by atoms with Crippen molar-refractivity contribution in [3.63, 3.8) is 0 Å². The van der Waals surface area contributed by atoms with Gasteiger partial charge in [0, 0.05) is 36.8 Å². The fourth-order valence-electron chi connectivity index (χ4n) is 3.56. The first-order valence-electron chi connectivity index (χ1n) is 8.39. The summed E-state index contributed by atoms with van der Waals surface area (Å²) >= 11 is 0. The van der Waals surface area contributed by atoms with E-state index in [1.165, 1.54) is 30.7 Å². The highest BCUT2D eigenvalue weighted by Gasteiger charge is 2.38. The first kappa shape index (κ1) is 16.4. The average molecular weight is 331 g/mol. The Morgan fingerprint density at radius 1 is 1.17 bits per heavy atom. The van der Waals surface area contributed by atoms with E-state index in [4.69, 9.17) is 0 Å². The highest BCUT2D eigenvalue weighted by molar-refractivity contribution is 5.97. The maximum absolute atomic E-state index is 12.4. The smallest absolute Gasteiger partial charge is 0.269 e. The number of benzene rings is 1. The lowest BCUT2D eigenvalue weighted by Crippen LogP contribution is -2.38. The van der Waals surface area contributed by atoms with Crippen molar-refractivity contribution in [1.29, 1.82) is 0 Å². The lowest BCUT2D eigenvalue weighted by molar-refractivity contribution is -0.384. The summed E-state index contributed by atoms with van der Waals surface area (Å²) in [5, 5.41) is 13.4. The number of nitrogens with zero attached hydrogens (tertiary/aromatic N) is 2. The molecule has 2 fully saturated rings. The second kappa shape index (κ2) is 6.98. The van der Waals surface area contributed by atoms with E-state index in [-0.39, 0.29) is 35.9 Å². The number of non-ortho nitro benzene ring substituents is 1. The molecule has 7 nitrogen and oxygen atoms in total. The molecule has 0 spiro atoms. The zero-order valence-electron chi connectivity index (χ0n) is 13.4. The lowest BCUT2D eigenvalue weighted by atomic mass is 9.94. The third kappa shape index (κ3) is 3.55. The van der Waals surface area contributed by atoms with Gasteiger partial charge in [0.2, 0.25) is 11.8 Å². The van der Waals surface area contributed by atoms with Crippen LogP contribution in [0.4, 0.5) is 11.4 Å². The van der Waals surface area contributed by atoms with Crippen LogP contribution in [0.15, 0.2) is 24.3 Å². The Morgan fingerprint density at radius 2 is 1.83 bits per heavy atom. The van der Waals surface area contributed by atoms with Gasteiger partial charge in [-0.05, 0) is 25.0 Å². The lowest BCUT2D eigenvalue weighted by Gasteiger charge is -2.31. The van der Waals surface area contributed by atoms with Gasteiger partial charge in [0.05, 0.1) is 10.8 Å². The van der Waals surface area contributed by atoms with Crippen molar-refractivity contribution in [3.05, 3.63) is 34.4 Å². The predicted octanol–water partition coefficient (Wildman–Crippen LogP) is 2.71. The van der Waals surface area contributed by atoms with Gasteiger partial charge < -0.3 is 10.2 Å². The van der Waals surface area contributed by atoms with E-state index in [1.54, 1.807) is 0 Å². The molecule has 24 heavy (non-hydrogen) atoms. The van der Waals surface area contributed by atoms with Crippen LogP contribution < -0.4 is 5.32 Å². The number of nitro groups is 1. The van der Waals surface area contributed by atoms with Crippen LogP contribution in [-0.2, 0) is 9.59 Å². The van der Waals surface area contributed by atoms with Gasteiger partial charge >= 0.3 is 0 Å². The molecule has 1 heterocycles. The molecule has 0 bridgehead atoms. The Bertz CT molecular complexity index is 638. The molecule has 3 rings (SSSR count). The van der Waals surface area contributed by atoms with Crippen molar-refractivity contribution in [1.82, 2.24) is 4.90 Å². The van der Waals surface area contributed by atoms with Gasteiger partial charge in [0.25, 0.3) is 5.69 Å². The normalized spacial score (nSPS) is 21.8. The summed E-state index contributed by atoms with van der Waals surface area (Å²) in [5.74, 6) is -0.490. The van der Waals surface area contributed by atoms with Crippen molar-refractivity contribution in [3.8, 4) is 0 Å². The fraction of sp³-hybridized carbons (Fsp3) is 0.529. The minimum absolute atomic E-state index is 0.0208. The van der Waals surface area contributed by atoms with Gasteiger partial charge in [-0.3, -0.25) is 19.7 Å². The van der Waals surface area contributed by atoms with E-state index in [9.17, 15) is 19.7 Å². The molecule has 0 unspecified atom stereocenters. The molecule has 2 aliphatic rings. The Morgan fingerprint density at radius 3 is 2.46 bits per heavy atom. The Balaban J connectivity index is 1.59. The molecule has 0 aromatic heterocycles. The number of amides is 2. The molecule has 1 aliphatic heterocycles. The number of nitrogens with one attached hydrogen (secondary N) is 1. The third-order valence-corrected chi connectivity index (χ3v) is 4.89. The van der Waals surface area contributed by atoms with Crippen molar-refractivity contribution in [2.24, 2.45) is 5.92 Å². The first-order valence-corrected chi connectivity index (χ1v) is 8.39. The highest BCUT2D eigenvalue weighted by Crippen LogP contribution is 2.29. The van der Waals surface area contributed by atoms with Crippen LogP contribution in [0.5, 0.6) is 0 Å². The number of rotatable bonds is 4. The molecule has 1 atom stereocenters. The van der Waals surface area contributed by atoms with E-state index < -0.39 is 4.92 Å². The quantitative estimate of drug-likeness (QED) is 0.678. The zero-order chi connectivity index (χ0) is 17.1. The van der Waals surface area contributed by atoms with Crippen LogP contribution in [0.1, 0.15) is 38.5 Å². The van der Waals surface area contributed by atoms with Crippen LogP contribution >= 0.6 is 0 Å². The van der Waals surface area contributed by atoms with Gasteiger partial charge in [-0.15, -0.1) is 0 Å². The number of carbonyl (C=O) groups excluding carboxylic acids is 2. The van der Waals surface area contributed by atoms with E-state index in [2.05, 4.69) is 5.32 Å². The molecule has 128 valence electrons. The van der Waals surface area contributed by atoms with E-state index in [0.29, 0.717) is 12.2 Å². The van der Waals surface area contributed by atoms with Crippen molar-refractivity contribution >= 4 is 23.2 Å². The van der Waals surface area contributed by atoms with Gasteiger partial charge in [-0.1, -0.05) is 19.3 Å². The number of likely N-dealkylation sites (tertiary alicyclic amines) is 1. The van der Waals surface area contributed by atoms with E-state index in [1.807, 2.05) is 4.90 Å². The maximum atomic E-state index is 12.4. The summed E-state index contributed by atoms with van der Waals surface area (Å²) in [6.07, 6.45) is 5.82. The van der Waals surface area contributed by atoms with Crippen LogP contribution in [-0.4, -0.2) is 34.2 Å². The number of hydrogen-bond acceptors (Lipinski definition) is 4. The zero-order valence-corrected chi connectivity index (χ0v) is 13.4. The standard InChI is InChI=1S/C17H21N3O4/c21-16-10-12(11-19(16)14-4-2-1-3-5-14)17(22)18-13-6-8-15(9-7-13)20(23)24/h6-9,12,14H,1-5,10-11H2,(H,18,22)/t12-/m1/s1. The van der Waals surface area contributed by atoms with Crippen molar-refractivity contribution in [2.45, 2.75) is 44.6 Å². The second-order valence-corrected chi connectivity index (χ2v) is 6.53. The molecule has 1 aromatic rings. The minimum Gasteiger partial charge on any atom is -0.339 e. The summed E-state index contributed by atoms with van der Waals surface area (Å²) < 4.78 is 0. The number of anilines is 1. The minimum atomic E-state index is -0.483. The number of carbonyl (C=O) groups is 2. The third-order valence-electron chi connectivity index (χ3n) is 4.89. The maximum Gasteiger partial charge on any atom is 0.269 e.